The number of thiazole rings is 1. The summed E-state index contributed by atoms with van der Waals surface area (Å²) < 4.78 is 1.93. The van der Waals surface area contributed by atoms with E-state index in [4.69, 9.17) is 0 Å². The first-order valence-electron chi connectivity index (χ1n) is 7.42. The van der Waals surface area contributed by atoms with Gasteiger partial charge in [0.1, 0.15) is 16.9 Å². The number of carbonyl (C=O) groups is 2. The normalized spacial score (nSPS) is 24.5. The van der Waals surface area contributed by atoms with Crippen molar-refractivity contribution in [2.75, 3.05) is 6.26 Å². The Morgan fingerprint density at radius 1 is 1.54 bits per heavy atom. The molecular weight excluding hydrogens is 350 g/mol. The van der Waals surface area contributed by atoms with Crippen LogP contribution in [0.4, 0.5) is 0 Å². The molecule has 126 valence electrons. The van der Waals surface area contributed by atoms with Crippen LogP contribution in [0.3, 0.4) is 0 Å². The lowest BCUT2D eigenvalue weighted by atomic mass is 9.83. The van der Waals surface area contributed by atoms with Gasteiger partial charge in [-0.25, -0.2) is 9.78 Å². The first-order valence-corrected chi connectivity index (χ1v) is 9.46. The predicted molar refractivity (Wildman–Crippen MR) is 89.8 cm³/mol. The van der Waals surface area contributed by atoms with Crippen molar-refractivity contribution in [3.8, 4) is 0 Å². The minimum absolute atomic E-state index is 0.0506. The first kappa shape index (κ1) is 15.7. The Hall–Kier alpha value is -1.84. The molecule has 2 aliphatic rings. The molecule has 24 heavy (non-hydrogen) atoms. The molecule has 9 heteroatoms. The predicted octanol–water partition coefficient (Wildman–Crippen LogP) is 1.52. The summed E-state index contributed by atoms with van der Waals surface area (Å²) in [7, 11) is 0. The van der Waals surface area contributed by atoms with Gasteiger partial charge >= 0.3 is 5.97 Å². The molecule has 1 amide bonds. The van der Waals surface area contributed by atoms with Gasteiger partial charge in [-0.05, 0) is 19.6 Å². The van der Waals surface area contributed by atoms with Crippen LogP contribution in [0.2, 0.25) is 0 Å². The summed E-state index contributed by atoms with van der Waals surface area (Å²) in [5, 5.41) is 20.4. The second kappa shape index (κ2) is 5.33. The molecule has 0 aromatic carbocycles. The lowest BCUT2D eigenvalue weighted by molar-refractivity contribution is -0.161. The van der Waals surface area contributed by atoms with E-state index < -0.39 is 18.0 Å². The second-order valence-corrected chi connectivity index (χ2v) is 7.75. The highest BCUT2D eigenvalue weighted by molar-refractivity contribution is 7.98. The van der Waals surface area contributed by atoms with Gasteiger partial charge in [0.2, 0.25) is 5.91 Å². The van der Waals surface area contributed by atoms with E-state index in [0.29, 0.717) is 12.0 Å². The highest BCUT2D eigenvalue weighted by Gasteiger charge is 2.57. The van der Waals surface area contributed by atoms with Crippen LogP contribution < -0.4 is 0 Å². The first-order chi connectivity index (χ1) is 11.5. The highest BCUT2D eigenvalue weighted by atomic mass is 32.2. The van der Waals surface area contributed by atoms with E-state index in [1.165, 1.54) is 28.0 Å². The van der Waals surface area contributed by atoms with E-state index in [1.54, 1.807) is 19.4 Å². The number of nitrogens with zero attached hydrogens (tertiary/aromatic N) is 3. The molecule has 1 saturated heterocycles. The van der Waals surface area contributed by atoms with E-state index in [1.807, 2.05) is 10.7 Å². The third-order valence-corrected chi connectivity index (χ3v) is 6.69. The smallest absolute Gasteiger partial charge is 0.352 e. The Kier molecular flexibility index (Phi) is 3.48. The standard InChI is InChI=1S/C15H15N3O4S2/c1-6(19)10-8-3-7(11(15(21)22)18(8)13(10)20)12-14(23-2)17-5-16-4-9(17)24-12/h4-6,8,10,19H,3H2,1-2H3,(H,21,22)/t6-,8-,10-/m1/s1. The van der Waals surface area contributed by atoms with Crippen molar-refractivity contribution in [2.24, 2.45) is 5.92 Å². The lowest BCUT2D eigenvalue weighted by Crippen LogP contribution is -2.61. The van der Waals surface area contributed by atoms with Crippen LogP contribution in [-0.2, 0) is 9.59 Å². The summed E-state index contributed by atoms with van der Waals surface area (Å²) in [4.78, 5) is 31.4. The Morgan fingerprint density at radius 3 is 2.92 bits per heavy atom. The molecule has 0 spiro atoms. The molecule has 3 atom stereocenters. The second-order valence-electron chi connectivity index (χ2n) is 5.92. The number of rotatable bonds is 4. The summed E-state index contributed by atoms with van der Waals surface area (Å²) in [6.45, 7) is 1.58. The van der Waals surface area contributed by atoms with Crippen molar-refractivity contribution in [2.45, 2.75) is 30.5 Å². The molecule has 2 aliphatic heterocycles. The molecule has 0 bridgehead atoms. The minimum atomic E-state index is -1.10. The maximum absolute atomic E-state index is 12.3. The molecule has 4 heterocycles. The van der Waals surface area contributed by atoms with Crippen molar-refractivity contribution >= 4 is 45.4 Å². The molecule has 0 unspecified atom stereocenters. The van der Waals surface area contributed by atoms with Crippen molar-refractivity contribution in [1.82, 2.24) is 14.3 Å². The Morgan fingerprint density at radius 2 is 2.29 bits per heavy atom. The number of hydrogen-bond acceptors (Lipinski definition) is 6. The van der Waals surface area contributed by atoms with Crippen LogP contribution in [-0.4, -0.2) is 54.8 Å². The number of thioether (sulfide) groups is 1. The fourth-order valence-corrected chi connectivity index (χ4v) is 5.75. The van der Waals surface area contributed by atoms with Crippen LogP contribution in [0, 0.1) is 5.92 Å². The van der Waals surface area contributed by atoms with E-state index >= 15 is 0 Å². The number of aromatic nitrogens is 2. The number of amides is 1. The molecule has 0 radical (unpaired) electrons. The maximum atomic E-state index is 12.3. The van der Waals surface area contributed by atoms with E-state index in [-0.39, 0.29) is 17.6 Å². The maximum Gasteiger partial charge on any atom is 0.352 e. The summed E-state index contributed by atoms with van der Waals surface area (Å²) in [6.07, 6.45) is 5.04. The lowest BCUT2D eigenvalue weighted by Gasteiger charge is -2.44. The number of aliphatic hydroxyl groups excluding tert-OH is 1. The molecular formula is C15H15N3O4S2. The van der Waals surface area contributed by atoms with Gasteiger partial charge in [0.05, 0.1) is 34.2 Å². The van der Waals surface area contributed by atoms with E-state index in [2.05, 4.69) is 4.98 Å². The number of hydrogen-bond donors (Lipinski definition) is 2. The van der Waals surface area contributed by atoms with Gasteiger partial charge in [0, 0.05) is 5.57 Å². The average Bonchev–Trinajstić information content (AvgIpc) is 3.15. The number of fused-ring (bicyclic) bond motifs is 2. The van der Waals surface area contributed by atoms with Crippen LogP contribution in [0.1, 0.15) is 18.2 Å². The summed E-state index contributed by atoms with van der Waals surface area (Å²) >= 11 is 3.00. The number of imidazole rings is 1. The number of aliphatic hydroxyl groups is 1. The summed E-state index contributed by atoms with van der Waals surface area (Å²) in [5.74, 6) is -1.94. The average molecular weight is 365 g/mol. The molecule has 0 aliphatic carbocycles. The number of carbonyl (C=O) groups excluding carboxylic acids is 1. The van der Waals surface area contributed by atoms with Crippen LogP contribution in [0.25, 0.3) is 10.4 Å². The van der Waals surface area contributed by atoms with Gasteiger partial charge in [-0.15, -0.1) is 23.1 Å². The number of carboxylic acids is 1. The Balaban J connectivity index is 1.86. The van der Waals surface area contributed by atoms with Crippen molar-refractivity contribution < 1.29 is 19.8 Å². The topological polar surface area (TPSA) is 95.1 Å². The zero-order valence-electron chi connectivity index (χ0n) is 13.0. The van der Waals surface area contributed by atoms with Crippen molar-refractivity contribution in [3.05, 3.63) is 23.1 Å². The fraction of sp³-hybridized carbons (Fsp3) is 0.400. The van der Waals surface area contributed by atoms with Crippen molar-refractivity contribution in [3.63, 3.8) is 0 Å². The van der Waals surface area contributed by atoms with Crippen molar-refractivity contribution in [1.29, 1.82) is 0 Å². The fourth-order valence-electron chi connectivity index (χ4n) is 3.62. The van der Waals surface area contributed by atoms with Gasteiger partial charge < -0.3 is 15.1 Å². The monoisotopic (exact) mass is 365 g/mol. The van der Waals surface area contributed by atoms with Gasteiger partial charge in [-0.3, -0.25) is 9.20 Å². The van der Waals surface area contributed by atoms with E-state index in [0.717, 1.165) is 14.7 Å². The Labute approximate surface area is 145 Å². The zero-order chi connectivity index (χ0) is 17.2. The number of carboxylic acid groups (broad SMARTS) is 1. The van der Waals surface area contributed by atoms with Crippen LogP contribution >= 0.6 is 23.1 Å². The highest BCUT2D eigenvalue weighted by Crippen LogP contribution is 2.50. The van der Waals surface area contributed by atoms with Gasteiger partial charge in [-0.2, -0.15) is 0 Å². The quantitative estimate of drug-likeness (QED) is 0.630. The molecule has 2 aromatic heterocycles. The van der Waals surface area contributed by atoms with Crippen LogP contribution in [0.15, 0.2) is 23.2 Å². The SMILES string of the molecule is CSc1c(C2=C(C(=O)O)N3C(=O)[C@H]([C@@H](C)O)[C@H]3C2)sc2cncn12. The van der Waals surface area contributed by atoms with Crippen LogP contribution in [0.5, 0.6) is 0 Å². The minimum Gasteiger partial charge on any atom is -0.477 e. The third kappa shape index (κ3) is 1.92. The Bertz CT molecular complexity index is 898. The van der Waals surface area contributed by atoms with E-state index in [9.17, 15) is 19.8 Å². The zero-order valence-corrected chi connectivity index (χ0v) is 14.6. The summed E-state index contributed by atoms with van der Waals surface area (Å²) in [6, 6.07) is -0.270. The number of β-lactam (4-membered cyclic amide) rings is 1. The largest absolute Gasteiger partial charge is 0.477 e. The van der Waals surface area contributed by atoms with Gasteiger partial charge in [-0.1, -0.05) is 0 Å². The molecule has 2 aromatic rings. The molecule has 4 rings (SSSR count). The van der Waals surface area contributed by atoms with Gasteiger partial charge in [0.15, 0.2) is 0 Å². The molecule has 2 N–H and O–H groups in total. The number of aliphatic carboxylic acids is 1. The molecule has 7 nitrogen and oxygen atoms in total. The third-order valence-electron chi connectivity index (χ3n) is 4.62. The molecule has 1 fully saturated rings. The summed E-state index contributed by atoms with van der Waals surface area (Å²) in [5.41, 5.74) is 0.719. The molecule has 0 saturated carbocycles. The van der Waals surface area contributed by atoms with Gasteiger partial charge in [0.25, 0.3) is 0 Å².